The number of rotatable bonds is 4. The van der Waals surface area contributed by atoms with Crippen molar-refractivity contribution in [3.8, 4) is 0 Å². The third-order valence-corrected chi connectivity index (χ3v) is 4.32. The van der Waals surface area contributed by atoms with Gasteiger partial charge in [0.05, 0.1) is 0 Å². The Bertz CT molecular complexity index is 568. The summed E-state index contributed by atoms with van der Waals surface area (Å²) in [5, 5.41) is 1.45. The second kappa shape index (κ2) is 6.53. The molecule has 100 valence electrons. The zero-order chi connectivity index (χ0) is 13.8. The summed E-state index contributed by atoms with van der Waals surface area (Å²) in [5.41, 5.74) is 3.33. The van der Waals surface area contributed by atoms with Gasteiger partial charge in [-0.3, -0.25) is 0 Å². The van der Waals surface area contributed by atoms with Gasteiger partial charge in [0.25, 0.3) is 0 Å². The van der Waals surface area contributed by atoms with Crippen LogP contribution in [0.2, 0.25) is 5.02 Å². The number of benzene rings is 2. The SMILES string of the molecule is Cc1cccc(C(CBr)Cc2cc(F)ccc2Cl)c1. The maximum atomic E-state index is 13.3. The summed E-state index contributed by atoms with van der Waals surface area (Å²) in [6.45, 7) is 2.07. The molecule has 0 saturated heterocycles. The molecule has 3 heteroatoms. The summed E-state index contributed by atoms with van der Waals surface area (Å²) in [5.74, 6) is 0.0520. The van der Waals surface area contributed by atoms with Crippen LogP contribution in [0.25, 0.3) is 0 Å². The Balaban J connectivity index is 2.26. The first-order valence-corrected chi connectivity index (χ1v) is 7.66. The molecule has 0 aliphatic heterocycles. The van der Waals surface area contributed by atoms with Crippen LogP contribution < -0.4 is 0 Å². The summed E-state index contributed by atoms with van der Waals surface area (Å²) in [6.07, 6.45) is 0.727. The molecule has 2 aromatic rings. The van der Waals surface area contributed by atoms with Crippen molar-refractivity contribution in [1.29, 1.82) is 0 Å². The standard InChI is InChI=1S/C16H15BrClF/c1-11-3-2-4-12(7-11)14(10-17)8-13-9-15(19)5-6-16(13)18/h2-7,9,14H,8,10H2,1H3. The zero-order valence-corrected chi connectivity index (χ0v) is 13.0. The van der Waals surface area contributed by atoms with Gasteiger partial charge in [-0.2, -0.15) is 0 Å². The number of halogens is 3. The van der Waals surface area contributed by atoms with E-state index < -0.39 is 0 Å². The van der Waals surface area contributed by atoms with E-state index in [-0.39, 0.29) is 5.82 Å². The monoisotopic (exact) mass is 340 g/mol. The lowest BCUT2D eigenvalue weighted by Crippen LogP contribution is -2.05. The largest absolute Gasteiger partial charge is 0.207 e. The van der Waals surface area contributed by atoms with Crippen LogP contribution in [-0.2, 0) is 6.42 Å². The molecular weight excluding hydrogens is 327 g/mol. The van der Waals surface area contributed by atoms with E-state index in [0.29, 0.717) is 10.9 Å². The van der Waals surface area contributed by atoms with Crippen molar-refractivity contribution in [2.75, 3.05) is 5.33 Å². The van der Waals surface area contributed by atoms with Crippen LogP contribution >= 0.6 is 27.5 Å². The molecule has 0 radical (unpaired) electrons. The Morgan fingerprint density at radius 3 is 2.68 bits per heavy atom. The first kappa shape index (κ1) is 14.5. The van der Waals surface area contributed by atoms with E-state index in [1.165, 1.54) is 23.3 Å². The minimum absolute atomic E-state index is 0.239. The van der Waals surface area contributed by atoms with Crippen molar-refractivity contribution in [3.63, 3.8) is 0 Å². The van der Waals surface area contributed by atoms with Crippen molar-refractivity contribution in [2.24, 2.45) is 0 Å². The lowest BCUT2D eigenvalue weighted by atomic mass is 9.93. The molecule has 0 amide bonds. The molecule has 0 spiro atoms. The van der Waals surface area contributed by atoms with Gasteiger partial charge in [-0.05, 0) is 48.6 Å². The third kappa shape index (κ3) is 3.80. The van der Waals surface area contributed by atoms with Crippen molar-refractivity contribution < 1.29 is 4.39 Å². The van der Waals surface area contributed by atoms with E-state index in [4.69, 9.17) is 11.6 Å². The highest BCUT2D eigenvalue weighted by atomic mass is 79.9. The van der Waals surface area contributed by atoms with Crippen LogP contribution in [0.15, 0.2) is 42.5 Å². The fourth-order valence-corrected chi connectivity index (χ4v) is 2.95. The molecule has 0 aromatic heterocycles. The molecule has 2 aromatic carbocycles. The topological polar surface area (TPSA) is 0 Å². The zero-order valence-electron chi connectivity index (χ0n) is 10.7. The molecular formula is C16H15BrClF. The molecule has 2 rings (SSSR count). The van der Waals surface area contributed by atoms with Crippen molar-refractivity contribution >= 4 is 27.5 Å². The Labute approximate surface area is 126 Å². The van der Waals surface area contributed by atoms with Gasteiger partial charge in [-0.25, -0.2) is 4.39 Å². The average Bonchev–Trinajstić information content (AvgIpc) is 2.39. The molecule has 1 atom stereocenters. The van der Waals surface area contributed by atoms with E-state index >= 15 is 0 Å². The van der Waals surface area contributed by atoms with Crippen LogP contribution in [0.4, 0.5) is 4.39 Å². The summed E-state index contributed by atoms with van der Waals surface area (Å²) >= 11 is 9.67. The van der Waals surface area contributed by atoms with Gasteiger partial charge in [0.1, 0.15) is 5.82 Å². The van der Waals surface area contributed by atoms with Crippen LogP contribution in [0.1, 0.15) is 22.6 Å². The summed E-state index contributed by atoms with van der Waals surface area (Å²) in [7, 11) is 0. The van der Waals surface area contributed by atoms with E-state index in [1.807, 2.05) is 6.07 Å². The fourth-order valence-electron chi connectivity index (χ4n) is 2.15. The molecule has 0 aliphatic carbocycles. The molecule has 19 heavy (non-hydrogen) atoms. The molecule has 0 bridgehead atoms. The van der Waals surface area contributed by atoms with E-state index in [1.54, 1.807) is 6.07 Å². The minimum atomic E-state index is -0.239. The number of alkyl halides is 1. The van der Waals surface area contributed by atoms with Gasteiger partial charge in [0.15, 0.2) is 0 Å². The smallest absolute Gasteiger partial charge is 0.123 e. The fraction of sp³-hybridized carbons (Fsp3) is 0.250. The van der Waals surface area contributed by atoms with Gasteiger partial charge in [0, 0.05) is 10.4 Å². The lowest BCUT2D eigenvalue weighted by molar-refractivity contribution is 0.623. The highest BCUT2D eigenvalue weighted by molar-refractivity contribution is 9.09. The van der Waals surface area contributed by atoms with E-state index in [0.717, 1.165) is 17.3 Å². The van der Waals surface area contributed by atoms with Gasteiger partial charge < -0.3 is 0 Å². The summed E-state index contributed by atoms with van der Waals surface area (Å²) in [4.78, 5) is 0. The summed E-state index contributed by atoms with van der Waals surface area (Å²) in [6, 6.07) is 12.9. The van der Waals surface area contributed by atoms with Crippen molar-refractivity contribution in [3.05, 3.63) is 70.0 Å². The average molecular weight is 342 g/mol. The first-order chi connectivity index (χ1) is 9.10. The molecule has 0 heterocycles. The third-order valence-electron chi connectivity index (χ3n) is 3.17. The van der Waals surface area contributed by atoms with Crippen LogP contribution in [0.5, 0.6) is 0 Å². The Kier molecular flexibility index (Phi) is 5.00. The Morgan fingerprint density at radius 1 is 1.21 bits per heavy atom. The van der Waals surface area contributed by atoms with Crippen molar-refractivity contribution in [1.82, 2.24) is 0 Å². The number of hydrogen-bond donors (Lipinski definition) is 0. The predicted octanol–water partition coefficient (Wildman–Crippen LogP) is 5.51. The molecule has 0 nitrogen and oxygen atoms in total. The molecule has 0 saturated carbocycles. The highest BCUT2D eigenvalue weighted by Gasteiger charge is 2.13. The number of hydrogen-bond acceptors (Lipinski definition) is 0. The maximum Gasteiger partial charge on any atom is 0.123 e. The predicted molar refractivity (Wildman–Crippen MR) is 82.8 cm³/mol. The quantitative estimate of drug-likeness (QED) is 0.643. The molecule has 0 fully saturated rings. The van der Waals surface area contributed by atoms with Gasteiger partial charge in [0.2, 0.25) is 0 Å². The minimum Gasteiger partial charge on any atom is -0.207 e. The first-order valence-electron chi connectivity index (χ1n) is 6.16. The lowest BCUT2D eigenvalue weighted by Gasteiger charge is -2.16. The van der Waals surface area contributed by atoms with Gasteiger partial charge in [-0.15, -0.1) is 0 Å². The Morgan fingerprint density at radius 2 is 2.00 bits per heavy atom. The van der Waals surface area contributed by atoms with Crippen LogP contribution in [0.3, 0.4) is 0 Å². The summed E-state index contributed by atoms with van der Waals surface area (Å²) < 4.78 is 13.3. The second-order valence-corrected chi connectivity index (χ2v) is 5.76. The van der Waals surface area contributed by atoms with Crippen LogP contribution in [0, 0.1) is 12.7 Å². The molecule has 1 unspecified atom stereocenters. The van der Waals surface area contributed by atoms with Crippen molar-refractivity contribution in [2.45, 2.75) is 19.3 Å². The normalized spacial score (nSPS) is 12.4. The number of aryl methyl sites for hydroxylation is 1. The van der Waals surface area contributed by atoms with E-state index in [2.05, 4.69) is 41.1 Å². The molecule has 0 N–H and O–H groups in total. The van der Waals surface area contributed by atoms with Gasteiger partial charge in [-0.1, -0.05) is 57.4 Å². The second-order valence-electron chi connectivity index (χ2n) is 4.71. The van der Waals surface area contributed by atoms with E-state index in [9.17, 15) is 4.39 Å². The maximum absolute atomic E-state index is 13.3. The highest BCUT2D eigenvalue weighted by Crippen LogP contribution is 2.27. The molecule has 0 aliphatic rings. The Hall–Kier alpha value is -0.860. The van der Waals surface area contributed by atoms with Crippen LogP contribution in [-0.4, -0.2) is 5.33 Å². The van der Waals surface area contributed by atoms with Gasteiger partial charge >= 0.3 is 0 Å².